The van der Waals surface area contributed by atoms with Crippen LogP contribution in [0.15, 0.2) is 97.1 Å². The van der Waals surface area contributed by atoms with Crippen molar-refractivity contribution in [2.75, 3.05) is 17.7 Å². The van der Waals surface area contributed by atoms with Gasteiger partial charge in [-0.15, -0.1) is 0 Å². The number of ether oxygens (including phenoxy) is 2. The van der Waals surface area contributed by atoms with Crippen molar-refractivity contribution in [3.63, 3.8) is 0 Å². The van der Waals surface area contributed by atoms with Gasteiger partial charge in [-0.2, -0.15) is 0 Å². The van der Waals surface area contributed by atoms with E-state index in [1.165, 1.54) is 11.1 Å². The van der Waals surface area contributed by atoms with Gasteiger partial charge in [0.1, 0.15) is 17.8 Å². The Kier molecular flexibility index (Phi) is 10.5. The molecule has 0 bridgehead atoms. The lowest BCUT2D eigenvalue weighted by Gasteiger charge is -2.23. The van der Waals surface area contributed by atoms with E-state index in [-0.39, 0.29) is 17.8 Å². The number of aldehydes is 1. The summed E-state index contributed by atoms with van der Waals surface area (Å²) in [6, 6.07) is 31.7. The van der Waals surface area contributed by atoms with Gasteiger partial charge in [-0.25, -0.2) is 0 Å². The molecule has 0 unspecified atom stereocenters. The number of carbonyl (C=O) groups is 2. The molecule has 0 aliphatic heterocycles. The van der Waals surface area contributed by atoms with Gasteiger partial charge >= 0.3 is 5.97 Å². The van der Waals surface area contributed by atoms with Crippen LogP contribution in [0.1, 0.15) is 36.8 Å². The van der Waals surface area contributed by atoms with Gasteiger partial charge in [-0.3, -0.25) is 4.79 Å². The van der Waals surface area contributed by atoms with Crippen LogP contribution >= 0.6 is 0 Å². The number of anilines is 4. The lowest BCUT2D eigenvalue weighted by atomic mass is 9.83. The van der Waals surface area contributed by atoms with E-state index in [1.54, 1.807) is 19.2 Å². The van der Waals surface area contributed by atoms with Gasteiger partial charge in [0, 0.05) is 28.7 Å². The maximum atomic E-state index is 12.2. The Morgan fingerprint density at radius 1 is 0.634 bits per heavy atom. The van der Waals surface area contributed by atoms with Crippen molar-refractivity contribution in [3.05, 3.63) is 108 Å². The number of benzene rings is 4. The normalized spacial score (nSPS) is 16.0. The molecule has 0 spiro atoms. The molecule has 0 heterocycles. The Labute approximate surface area is 242 Å². The minimum absolute atomic E-state index is 0.0958. The number of hydrogen-bond donors (Lipinski definition) is 2. The van der Waals surface area contributed by atoms with Crippen molar-refractivity contribution in [1.29, 1.82) is 0 Å². The molecular formula is C35H38N2O4. The summed E-state index contributed by atoms with van der Waals surface area (Å²) in [5.74, 6) is 1.24. The van der Waals surface area contributed by atoms with Crippen LogP contribution in [0.25, 0.3) is 0 Å². The van der Waals surface area contributed by atoms with E-state index in [0.717, 1.165) is 60.5 Å². The molecule has 1 fully saturated rings. The number of methoxy groups -OCH3 is 1. The lowest BCUT2D eigenvalue weighted by Crippen LogP contribution is -2.26. The fourth-order valence-corrected chi connectivity index (χ4v) is 4.58. The van der Waals surface area contributed by atoms with Gasteiger partial charge in [-0.05, 0) is 112 Å². The molecule has 212 valence electrons. The fraction of sp³-hybridized carbons (Fsp3) is 0.257. The van der Waals surface area contributed by atoms with Gasteiger partial charge in [-0.1, -0.05) is 35.4 Å². The molecular weight excluding hydrogens is 512 g/mol. The van der Waals surface area contributed by atoms with E-state index in [4.69, 9.17) is 9.47 Å². The summed E-state index contributed by atoms with van der Waals surface area (Å²) in [5.41, 5.74) is 6.59. The SMILES string of the molecule is COc1ccc(Nc2ccc(C)cc2)cc1.Cc1ccc(Nc2ccc(OC(=O)C3CCC(C=O)CC3)cc2)cc1. The zero-order valence-corrected chi connectivity index (χ0v) is 23.9. The third-order valence-corrected chi connectivity index (χ3v) is 7.14. The molecule has 1 saturated carbocycles. The summed E-state index contributed by atoms with van der Waals surface area (Å²) < 4.78 is 10.6. The van der Waals surface area contributed by atoms with Gasteiger partial charge in [0.05, 0.1) is 13.0 Å². The Bertz CT molecular complexity index is 1370. The average molecular weight is 551 g/mol. The molecule has 6 heteroatoms. The maximum Gasteiger partial charge on any atom is 0.314 e. The zero-order valence-electron chi connectivity index (χ0n) is 23.9. The van der Waals surface area contributed by atoms with Crippen LogP contribution in [0.3, 0.4) is 0 Å². The van der Waals surface area contributed by atoms with Gasteiger partial charge in [0.2, 0.25) is 0 Å². The molecule has 5 rings (SSSR count). The average Bonchev–Trinajstić information content (AvgIpc) is 3.01. The molecule has 1 aliphatic rings. The minimum atomic E-state index is -0.191. The Balaban J connectivity index is 0.000000208. The molecule has 6 nitrogen and oxygen atoms in total. The second-order valence-corrected chi connectivity index (χ2v) is 10.4. The highest BCUT2D eigenvalue weighted by Crippen LogP contribution is 2.29. The molecule has 0 aromatic heterocycles. The summed E-state index contributed by atoms with van der Waals surface area (Å²) >= 11 is 0. The summed E-state index contributed by atoms with van der Waals surface area (Å²) in [6.07, 6.45) is 4.03. The zero-order chi connectivity index (χ0) is 29.0. The molecule has 0 amide bonds. The third kappa shape index (κ3) is 9.24. The highest BCUT2D eigenvalue weighted by Gasteiger charge is 2.27. The molecule has 4 aromatic carbocycles. The van der Waals surface area contributed by atoms with E-state index in [0.29, 0.717) is 5.75 Å². The topological polar surface area (TPSA) is 76.7 Å². The summed E-state index contributed by atoms with van der Waals surface area (Å²) in [5, 5.41) is 6.64. The predicted molar refractivity (Wildman–Crippen MR) is 166 cm³/mol. The van der Waals surface area contributed by atoms with E-state index in [1.807, 2.05) is 48.5 Å². The first-order chi connectivity index (χ1) is 19.9. The van der Waals surface area contributed by atoms with Crippen LogP contribution in [0, 0.1) is 25.7 Å². The van der Waals surface area contributed by atoms with Crippen molar-refractivity contribution in [2.24, 2.45) is 11.8 Å². The number of esters is 1. The Morgan fingerprint density at radius 3 is 1.41 bits per heavy atom. The maximum absolute atomic E-state index is 12.2. The molecule has 2 N–H and O–H groups in total. The fourth-order valence-electron chi connectivity index (χ4n) is 4.58. The van der Waals surface area contributed by atoms with Gasteiger partial charge < -0.3 is 24.9 Å². The second-order valence-electron chi connectivity index (χ2n) is 10.4. The van der Waals surface area contributed by atoms with Crippen molar-refractivity contribution < 1.29 is 19.1 Å². The standard InChI is InChI=1S/C21H23NO3.C14H15NO/c1-15-2-8-18(9-3-15)22-19-10-12-20(13-11-19)25-21(24)17-6-4-16(14-23)5-7-17;1-11-3-5-12(6-4-11)15-13-7-9-14(16-2)10-8-13/h2-3,8-14,16-17,22H,4-7H2,1H3;3-10,15H,1-2H3. The number of nitrogens with one attached hydrogen (secondary N) is 2. The van der Waals surface area contributed by atoms with Gasteiger partial charge in [0.15, 0.2) is 0 Å². The van der Waals surface area contributed by atoms with Crippen LogP contribution in [0.2, 0.25) is 0 Å². The summed E-state index contributed by atoms with van der Waals surface area (Å²) in [7, 11) is 1.67. The van der Waals surface area contributed by atoms with Crippen molar-refractivity contribution >= 4 is 35.0 Å². The quantitative estimate of drug-likeness (QED) is 0.130. The molecule has 0 radical (unpaired) electrons. The lowest BCUT2D eigenvalue weighted by molar-refractivity contribution is -0.140. The highest BCUT2D eigenvalue weighted by atomic mass is 16.5. The number of hydrogen-bond acceptors (Lipinski definition) is 6. The predicted octanol–water partition coefficient (Wildman–Crippen LogP) is 8.40. The highest BCUT2D eigenvalue weighted by molar-refractivity contribution is 5.75. The van der Waals surface area contributed by atoms with E-state index >= 15 is 0 Å². The Hall–Kier alpha value is -4.58. The molecule has 41 heavy (non-hydrogen) atoms. The van der Waals surface area contributed by atoms with Crippen LogP contribution < -0.4 is 20.1 Å². The van der Waals surface area contributed by atoms with Crippen LogP contribution in [-0.2, 0) is 9.59 Å². The molecule has 1 aliphatic carbocycles. The van der Waals surface area contributed by atoms with Crippen LogP contribution in [-0.4, -0.2) is 19.4 Å². The molecule has 0 saturated heterocycles. The monoisotopic (exact) mass is 550 g/mol. The van der Waals surface area contributed by atoms with Crippen LogP contribution in [0.5, 0.6) is 11.5 Å². The van der Waals surface area contributed by atoms with E-state index in [2.05, 4.69) is 60.9 Å². The van der Waals surface area contributed by atoms with E-state index in [9.17, 15) is 9.59 Å². The third-order valence-electron chi connectivity index (χ3n) is 7.14. The van der Waals surface area contributed by atoms with Crippen LogP contribution in [0.4, 0.5) is 22.7 Å². The number of aryl methyl sites for hydroxylation is 2. The van der Waals surface area contributed by atoms with Crippen molar-refractivity contribution in [3.8, 4) is 11.5 Å². The summed E-state index contributed by atoms with van der Waals surface area (Å²) in [4.78, 5) is 23.0. The van der Waals surface area contributed by atoms with Crippen molar-refractivity contribution in [1.82, 2.24) is 0 Å². The molecule has 4 aromatic rings. The Morgan fingerprint density at radius 2 is 1.02 bits per heavy atom. The minimum Gasteiger partial charge on any atom is -0.497 e. The first-order valence-corrected chi connectivity index (χ1v) is 14.0. The van der Waals surface area contributed by atoms with E-state index < -0.39 is 0 Å². The first kappa shape index (κ1) is 29.4. The van der Waals surface area contributed by atoms with Crippen molar-refractivity contribution in [2.45, 2.75) is 39.5 Å². The summed E-state index contributed by atoms with van der Waals surface area (Å²) in [6.45, 7) is 4.13. The largest absolute Gasteiger partial charge is 0.497 e. The van der Waals surface area contributed by atoms with Gasteiger partial charge in [0.25, 0.3) is 0 Å². The molecule has 0 atom stereocenters. The first-order valence-electron chi connectivity index (χ1n) is 14.0. The number of rotatable bonds is 8. The number of carbonyl (C=O) groups excluding carboxylic acids is 2. The smallest absolute Gasteiger partial charge is 0.314 e. The second kappa shape index (κ2) is 14.7.